The van der Waals surface area contributed by atoms with Crippen LogP contribution < -0.4 is 15.2 Å². The van der Waals surface area contributed by atoms with Crippen LogP contribution in [-0.4, -0.2) is 190 Å². The number of carbonyl (C=O) groups excluding carboxylic acids is 5. The zero-order valence-corrected chi connectivity index (χ0v) is 36.2. The summed E-state index contributed by atoms with van der Waals surface area (Å²) in [7, 11) is 0. The normalized spacial score (nSPS) is 23.1. The smallest absolute Gasteiger partial charge is 0.425 e. The van der Waals surface area contributed by atoms with Gasteiger partial charge in [0.2, 0.25) is 12.4 Å². The van der Waals surface area contributed by atoms with E-state index in [0.29, 0.717) is 0 Å². The van der Waals surface area contributed by atoms with Gasteiger partial charge in [-0.05, 0) is 6.07 Å². The molecule has 34 heteroatoms. The minimum Gasteiger partial charge on any atom is -0.507 e. The number of aromatic carboxylic acids is 1. The quantitative estimate of drug-likeness (QED) is 0.00601. The number of carboxylic acids is 5. The maximum Gasteiger partial charge on any atom is 0.425 e. The summed E-state index contributed by atoms with van der Waals surface area (Å²) in [6, 6.07) is 0.281. The number of nitrogens with two attached hydrogens (primary N) is 1. The number of benzene rings is 2. The first-order valence-electron chi connectivity index (χ1n) is 18.8. The number of aliphatic hydroxyl groups excluding tert-OH is 8. The minimum atomic E-state index is -3.23. The molecule has 0 bridgehead atoms. The molecule has 18 N–H and O–H groups in total. The van der Waals surface area contributed by atoms with Crippen LogP contribution in [0.15, 0.2) is 16.5 Å². The van der Waals surface area contributed by atoms with E-state index in [0.717, 1.165) is 0 Å². The predicted molar refractivity (Wildman–Crippen MR) is 218 cm³/mol. The molecular weight excluding hydrogens is 1020 g/mol. The van der Waals surface area contributed by atoms with Crippen molar-refractivity contribution in [1.29, 1.82) is 0 Å². The van der Waals surface area contributed by atoms with Gasteiger partial charge in [-0.3, -0.25) is 19.2 Å². The molecule has 1 fully saturated rings. The molecule has 71 heavy (non-hydrogen) atoms. The summed E-state index contributed by atoms with van der Waals surface area (Å²) in [5, 5.41) is 169. The summed E-state index contributed by atoms with van der Waals surface area (Å²) in [6.45, 7) is -0.560. The number of aromatic hydroxyl groups is 3. The van der Waals surface area contributed by atoms with Crippen LogP contribution >= 0.6 is 25.3 Å². The van der Waals surface area contributed by atoms with E-state index in [2.05, 4.69) is 34.7 Å². The second kappa shape index (κ2) is 21.5. The number of carbonyl (C=O) groups is 10. The van der Waals surface area contributed by atoms with Crippen molar-refractivity contribution < 1.29 is 153 Å². The van der Waals surface area contributed by atoms with E-state index in [9.17, 15) is 125 Å². The lowest BCUT2D eigenvalue weighted by Crippen LogP contribution is -2.65. The topological polar surface area (TPSA) is 567 Å². The third-order valence-corrected chi connectivity index (χ3v) is 11.5. The summed E-state index contributed by atoms with van der Waals surface area (Å²) in [5.41, 5.74) is -4.36. The Morgan fingerprint density at radius 3 is 1.87 bits per heavy atom. The highest BCUT2D eigenvalue weighted by molar-refractivity contribution is 7.81. The lowest BCUT2D eigenvalue weighted by atomic mass is 9.63. The zero-order valence-electron chi connectivity index (χ0n) is 34.4. The van der Waals surface area contributed by atoms with Gasteiger partial charge in [-0.15, -0.1) is 25.3 Å². The molecule has 4 rings (SSSR count). The highest BCUT2D eigenvalue weighted by Gasteiger charge is 2.61. The number of nitrogen functional groups attached to an aromatic ring is 1. The largest absolute Gasteiger partial charge is 0.507 e. The van der Waals surface area contributed by atoms with Crippen LogP contribution in [0.3, 0.4) is 0 Å². The summed E-state index contributed by atoms with van der Waals surface area (Å²) in [6.07, 6.45) is -24.3. The maximum atomic E-state index is 14.4. The van der Waals surface area contributed by atoms with Crippen molar-refractivity contribution in [3.05, 3.63) is 33.9 Å². The van der Waals surface area contributed by atoms with E-state index in [-0.39, 0.29) is 6.07 Å². The molecule has 2 aromatic rings. The van der Waals surface area contributed by atoms with Gasteiger partial charge in [0.1, 0.15) is 63.7 Å². The number of thiol groups is 2. The fraction of sp³-hybridized carbons (Fsp3) is 0.351. The molecule has 32 nitrogen and oxygen atoms in total. The Morgan fingerprint density at radius 1 is 0.789 bits per heavy atom. The molecule has 2 aromatic carbocycles. The van der Waals surface area contributed by atoms with Crippen LogP contribution in [0.5, 0.6) is 28.7 Å². The SMILES string of the molecule is Nc1c(O)c(C(=O)OC(=O)C(=O)O)c2c(c1OC(=O)C(C(O)C(O)C(O)OC=O)C1C(O)C(C(=O)O)C(O)C(C(=O)OC(C(=O)O)C(O)c3cc(O)c(C(=O)O)c(S)c3O)C1O)OC(S)C(C(=O)O)=C2O. The molecule has 0 radical (unpaired) electrons. The van der Waals surface area contributed by atoms with Crippen molar-refractivity contribution in [2.24, 2.45) is 23.7 Å². The lowest BCUT2D eigenvalue weighted by Gasteiger charge is -2.47. The number of ether oxygens (including phenoxy) is 5. The van der Waals surface area contributed by atoms with Gasteiger partial charge in [0.25, 0.3) is 6.47 Å². The van der Waals surface area contributed by atoms with Crippen molar-refractivity contribution in [3.63, 3.8) is 0 Å². The first-order chi connectivity index (χ1) is 32.9. The number of phenols is 3. The molecule has 1 aliphatic carbocycles. The lowest BCUT2D eigenvalue weighted by molar-refractivity contribution is -0.224. The average molecular weight is 1050 g/mol. The maximum absolute atomic E-state index is 14.4. The Kier molecular flexibility index (Phi) is 16.9. The monoisotopic (exact) mass is 1050 g/mol. The molecule has 1 saturated carbocycles. The van der Waals surface area contributed by atoms with Crippen molar-refractivity contribution in [2.45, 2.75) is 59.3 Å². The van der Waals surface area contributed by atoms with Crippen LogP contribution in [-0.2, 0) is 52.6 Å². The van der Waals surface area contributed by atoms with Gasteiger partial charge in [0, 0.05) is 11.5 Å². The van der Waals surface area contributed by atoms with Crippen LogP contribution in [0.4, 0.5) is 5.69 Å². The van der Waals surface area contributed by atoms with Gasteiger partial charge in [-0.2, -0.15) is 0 Å². The van der Waals surface area contributed by atoms with Crippen LogP contribution in [0.25, 0.3) is 5.76 Å². The van der Waals surface area contributed by atoms with Crippen molar-refractivity contribution in [2.75, 3.05) is 5.73 Å². The second-order valence-corrected chi connectivity index (χ2v) is 15.6. The van der Waals surface area contributed by atoms with Gasteiger partial charge in [-0.1, -0.05) is 0 Å². The number of esters is 4. The van der Waals surface area contributed by atoms with Gasteiger partial charge in [0.15, 0.2) is 22.7 Å². The van der Waals surface area contributed by atoms with Crippen LogP contribution in [0, 0.1) is 23.7 Å². The van der Waals surface area contributed by atoms with E-state index in [1.165, 1.54) is 0 Å². The van der Waals surface area contributed by atoms with Gasteiger partial charge < -0.3 is 111 Å². The summed E-state index contributed by atoms with van der Waals surface area (Å²) >= 11 is 7.51. The Morgan fingerprint density at radius 2 is 1.37 bits per heavy atom. The van der Waals surface area contributed by atoms with Crippen LogP contribution in [0.2, 0.25) is 0 Å². The van der Waals surface area contributed by atoms with E-state index in [4.69, 9.17) is 25.1 Å². The molecule has 0 saturated heterocycles. The number of phenolic OH excluding ortho intramolecular Hbond substituents is 2. The Bertz CT molecular complexity index is 2630. The summed E-state index contributed by atoms with van der Waals surface area (Å²) in [4.78, 5) is 123. The number of carboxylic acid groups (broad SMARTS) is 5. The highest BCUT2D eigenvalue weighted by atomic mass is 32.1. The van der Waals surface area contributed by atoms with Gasteiger partial charge in [0.05, 0.1) is 40.8 Å². The van der Waals surface area contributed by atoms with Crippen LogP contribution in [0.1, 0.15) is 37.9 Å². The number of hydrogen-bond donors (Lipinski definition) is 19. The average Bonchev–Trinajstić information content (AvgIpc) is 3.26. The number of aliphatic carboxylic acids is 4. The van der Waals surface area contributed by atoms with Gasteiger partial charge >= 0.3 is 53.7 Å². The van der Waals surface area contributed by atoms with E-state index in [1.54, 1.807) is 0 Å². The molecule has 0 spiro atoms. The van der Waals surface area contributed by atoms with E-state index < -0.39 is 211 Å². The van der Waals surface area contributed by atoms with Gasteiger partial charge in [-0.25, -0.2) is 28.8 Å². The molecule has 386 valence electrons. The molecule has 2 aliphatic rings. The predicted octanol–water partition coefficient (Wildman–Crippen LogP) is -5.36. The number of rotatable bonds is 17. The second-order valence-electron chi connectivity index (χ2n) is 14.7. The van der Waals surface area contributed by atoms with Crippen molar-refractivity contribution in [1.82, 2.24) is 0 Å². The molecule has 13 unspecified atom stereocenters. The standard InChI is InChI=1S/C37H35NO31S2/c38-13-20(47)9(33(61)69-36(64)31(58)59)7-18(45)12(29(54)55)37(71)68-23(7)24(13)66-32(60)8(21(48)22(49)35(63)65-2-39)6-16(43)10(28(52)53)19(46)11(17(6)44)34(62)67-25(30(56)57)14(41)3-1-4(40)5(27(50)51)26(70)15(3)42/h1-2,6,8,10-11,14,16-17,19,21-22,25,35,37,40-49,63,70-71H,38H2,(H,50,51)(H,52,53)(H,54,55)(H,56,57)(H,58,59). The third-order valence-electron chi connectivity index (χ3n) is 10.7. The number of hydrogen-bond acceptors (Lipinski definition) is 29. The Balaban J connectivity index is 1.96. The van der Waals surface area contributed by atoms with E-state index >= 15 is 0 Å². The fourth-order valence-electron chi connectivity index (χ4n) is 7.39. The zero-order chi connectivity index (χ0) is 54.2. The first-order valence-corrected chi connectivity index (χ1v) is 19.8. The van der Waals surface area contributed by atoms with E-state index in [1.807, 2.05) is 0 Å². The Hall–Kier alpha value is -7.70. The summed E-state index contributed by atoms with van der Waals surface area (Å²) in [5.74, 6) is -41.4. The molecule has 0 aromatic heterocycles. The third kappa shape index (κ3) is 10.4. The molecule has 13 atom stereocenters. The molecular formula is C37H35NO31S2. The molecule has 1 aliphatic heterocycles. The first kappa shape index (κ1) is 55.9. The number of fused-ring (bicyclic) bond motifs is 1. The highest BCUT2D eigenvalue weighted by Crippen LogP contribution is 2.53. The molecule has 1 heterocycles. The fourth-order valence-corrected chi connectivity index (χ4v) is 8.07. The Labute approximate surface area is 400 Å². The van der Waals surface area contributed by atoms with Crippen molar-refractivity contribution in [3.8, 4) is 28.7 Å². The summed E-state index contributed by atoms with van der Waals surface area (Å²) < 4.78 is 23.4. The number of anilines is 1. The number of aliphatic hydroxyl groups is 8. The molecule has 0 amide bonds. The minimum absolute atomic E-state index is 0.281. The van der Waals surface area contributed by atoms with Crippen molar-refractivity contribution >= 4 is 96.9 Å².